The van der Waals surface area contributed by atoms with E-state index in [9.17, 15) is 14.9 Å². The molecule has 1 fully saturated rings. The number of rotatable bonds is 3. The number of aromatic nitrogens is 1. The minimum Gasteiger partial charge on any atom is -0.358 e. The van der Waals surface area contributed by atoms with Crippen molar-refractivity contribution in [3.05, 3.63) is 27.9 Å². The second kappa shape index (κ2) is 3.93. The van der Waals surface area contributed by atoms with Gasteiger partial charge in [-0.05, 0) is 11.0 Å². The van der Waals surface area contributed by atoms with Gasteiger partial charge in [-0.2, -0.15) is 0 Å². The molecular formula is C9H12N4O3. The first-order valence-corrected chi connectivity index (χ1v) is 4.91. The number of aromatic amines is 1. The van der Waals surface area contributed by atoms with Gasteiger partial charge in [0.05, 0.1) is 6.04 Å². The first kappa shape index (κ1) is 10.6. The second-order valence-electron chi connectivity index (χ2n) is 3.74. The molecule has 1 saturated heterocycles. The summed E-state index contributed by atoms with van der Waals surface area (Å²) in [6.45, 7) is 1.54. The molecule has 1 aromatic heterocycles. The highest BCUT2D eigenvalue weighted by Crippen LogP contribution is 2.13. The Kier molecular flexibility index (Phi) is 2.61. The quantitative estimate of drug-likeness (QED) is 0.557. The van der Waals surface area contributed by atoms with Gasteiger partial charge in [0.2, 0.25) is 0 Å². The van der Waals surface area contributed by atoms with Gasteiger partial charge in [-0.15, -0.1) is 0 Å². The Hall–Kier alpha value is -1.89. The first-order chi connectivity index (χ1) is 7.59. The van der Waals surface area contributed by atoms with E-state index in [4.69, 9.17) is 0 Å². The maximum absolute atomic E-state index is 11.9. The SMILES string of the molecule is CN(C(=O)c1ccc([N+](=O)[O-])[nH]1)C1CNC1. The second-order valence-corrected chi connectivity index (χ2v) is 3.74. The number of carbonyl (C=O) groups is 1. The standard InChI is InChI=1S/C9H12N4O3/c1-12(6-4-10-5-6)9(14)7-2-3-8(11-7)13(15)16/h2-3,6,10-11H,4-5H2,1H3. The number of nitro groups is 1. The molecule has 2 N–H and O–H groups in total. The summed E-state index contributed by atoms with van der Waals surface area (Å²) in [6.07, 6.45) is 0. The van der Waals surface area contributed by atoms with Crippen molar-refractivity contribution in [2.75, 3.05) is 20.1 Å². The van der Waals surface area contributed by atoms with Crippen molar-refractivity contribution in [1.29, 1.82) is 0 Å². The smallest absolute Gasteiger partial charge is 0.321 e. The lowest BCUT2D eigenvalue weighted by Gasteiger charge is -2.34. The van der Waals surface area contributed by atoms with Crippen LogP contribution in [0.15, 0.2) is 12.1 Å². The molecule has 86 valence electrons. The lowest BCUT2D eigenvalue weighted by Crippen LogP contribution is -2.57. The van der Waals surface area contributed by atoms with E-state index in [0.29, 0.717) is 0 Å². The van der Waals surface area contributed by atoms with E-state index in [1.807, 2.05) is 0 Å². The van der Waals surface area contributed by atoms with E-state index in [-0.39, 0.29) is 23.5 Å². The molecule has 1 aliphatic heterocycles. The molecule has 0 aromatic carbocycles. The van der Waals surface area contributed by atoms with E-state index in [0.717, 1.165) is 13.1 Å². The van der Waals surface area contributed by atoms with Crippen LogP contribution < -0.4 is 5.32 Å². The normalized spacial score (nSPS) is 15.6. The highest BCUT2D eigenvalue weighted by atomic mass is 16.6. The van der Waals surface area contributed by atoms with Gasteiger partial charge in [0.1, 0.15) is 0 Å². The third kappa shape index (κ3) is 1.76. The molecule has 1 aromatic rings. The maximum atomic E-state index is 11.9. The number of hydrogen-bond acceptors (Lipinski definition) is 4. The number of nitrogens with one attached hydrogen (secondary N) is 2. The Morgan fingerprint density at radius 1 is 1.56 bits per heavy atom. The van der Waals surface area contributed by atoms with Gasteiger partial charge >= 0.3 is 5.82 Å². The van der Waals surface area contributed by atoms with E-state index in [1.54, 1.807) is 11.9 Å². The number of H-pyrrole nitrogens is 1. The summed E-state index contributed by atoms with van der Waals surface area (Å²) in [6, 6.07) is 2.90. The third-order valence-electron chi connectivity index (χ3n) is 2.73. The zero-order chi connectivity index (χ0) is 11.7. The molecule has 1 aliphatic rings. The van der Waals surface area contributed by atoms with Crippen LogP contribution in [0.5, 0.6) is 0 Å². The molecular weight excluding hydrogens is 212 g/mol. The zero-order valence-corrected chi connectivity index (χ0v) is 8.77. The van der Waals surface area contributed by atoms with Gasteiger partial charge in [0.15, 0.2) is 5.69 Å². The van der Waals surface area contributed by atoms with Gasteiger partial charge in [-0.25, -0.2) is 4.98 Å². The molecule has 2 rings (SSSR count). The lowest BCUT2D eigenvalue weighted by molar-refractivity contribution is -0.389. The largest absolute Gasteiger partial charge is 0.358 e. The predicted octanol–water partition coefficient (Wildman–Crippen LogP) is -0.0333. The molecule has 0 saturated carbocycles. The lowest BCUT2D eigenvalue weighted by atomic mass is 10.1. The number of amides is 1. The molecule has 7 heteroatoms. The first-order valence-electron chi connectivity index (χ1n) is 4.91. The third-order valence-corrected chi connectivity index (χ3v) is 2.73. The van der Waals surface area contributed by atoms with Crippen molar-refractivity contribution in [2.45, 2.75) is 6.04 Å². The molecule has 0 unspecified atom stereocenters. The maximum Gasteiger partial charge on any atom is 0.321 e. The summed E-state index contributed by atoms with van der Waals surface area (Å²) in [4.78, 5) is 25.8. The fourth-order valence-corrected chi connectivity index (χ4v) is 1.52. The Morgan fingerprint density at radius 2 is 2.25 bits per heavy atom. The van der Waals surface area contributed by atoms with Crippen LogP contribution in [0.3, 0.4) is 0 Å². The van der Waals surface area contributed by atoms with E-state index in [1.165, 1.54) is 12.1 Å². The van der Waals surface area contributed by atoms with Crippen LogP contribution in [-0.4, -0.2) is 46.9 Å². The van der Waals surface area contributed by atoms with Crippen molar-refractivity contribution in [1.82, 2.24) is 15.2 Å². The minimum absolute atomic E-state index is 0.163. The summed E-state index contributed by atoms with van der Waals surface area (Å²) >= 11 is 0. The van der Waals surface area contributed by atoms with Crippen molar-refractivity contribution in [3.63, 3.8) is 0 Å². The molecule has 16 heavy (non-hydrogen) atoms. The van der Waals surface area contributed by atoms with Crippen LogP contribution in [0, 0.1) is 10.1 Å². The summed E-state index contributed by atoms with van der Waals surface area (Å²) in [5, 5.41) is 13.5. The van der Waals surface area contributed by atoms with Gasteiger partial charge in [-0.3, -0.25) is 4.79 Å². The van der Waals surface area contributed by atoms with Crippen LogP contribution in [0.1, 0.15) is 10.5 Å². The summed E-state index contributed by atoms with van der Waals surface area (Å²) in [7, 11) is 1.69. The van der Waals surface area contributed by atoms with Crippen molar-refractivity contribution < 1.29 is 9.72 Å². The van der Waals surface area contributed by atoms with Gasteiger partial charge in [-0.1, -0.05) is 0 Å². The van der Waals surface area contributed by atoms with Gasteiger partial charge < -0.3 is 20.3 Å². The number of likely N-dealkylation sites (N-methyl/N-ethyl adjacent to an activating group) is 1. The molecule has 0 bridgehead atoms. The Labute approximate surface area is 91.6 Å². The molecule has 0 radical (unpaired) electrons. The molecule has 1 amide bonds. The predicted molar refractivity (Wildman–Crippen MR) is 56.2 cm³/mol. The molecule has 0 atom stereocenters. The average Bonchev–Trinajstić information content (AvgIpc) is 2.62. The number of carbonyl (C=O) groups excluding carboxylic acids is 1. The van der Waals surface area contributed by atoms with E-state index < -0.39 is 4.92 Å². The van der Waals surface area contributed by atoms with Crippen LogP contribution >= 0.6 is 0 Å². The molecule has 0 aliphatic carbocycles. The highest BCUT2D eigenvalue weighted by Gasteiger charge is 2.28. The summed E-state index contributed by atoms with van der Waals surface area (Å²) in [5.41, 5.74) is 0.251. The zero-order valence-electron chi connectivity index (χ0n) is 8.77. The Bertz CT molecular complexity index is 424. The fourth-order valence-electron chi connectivity index (χ4n) is 1.52. The minimum atomic E-state index is -0.554. The Morgan fingerprint density at radius 3 is 2.69 bits per heavy atom. The molecule has 0 spiro atoms. The highest BCUT2D eigenvalue weighted by molar-refractivity contribution is 5.93. The number of hydrogen-bond donors (Lipinski definition) is 2. The molecule has 7 nitrogen and oxygen atoms in total. The van der Waals surface area contributed by atoms with Crippen LogP contribution in [0.2, 0.25) is 0 Å². The monoisotopic (exact) mass is 224 g/mol. The van der Waals surface area contributed by atoms with Gasteiger partial charge in [0.25, 0.3) is 5.91 Å². The van der Waals surface area contributed by atoms with E-state index in [2.05, 4.69) is 10.3 Å². The average molecular weight is 224 g/mol. The molecule has 2 heterocycles. The Balaban J connectivity index is 2.10. The van der Waals surface area contributed by atoms with Crippen molar-refractivity contribution >= 4 is 11.7 Å². The van der Waals surface area contributed by atoms with Crippen LogP contribution in [0.4, 0.5) is 5.82 Å². The van der Waals surface area contributed by atoms with Crippen molar-refractivity contribution in [2.24, 2.45) is 0 Å². The van der Waals surface area contributed by atoms with Crippen molar-refractivity contribution in [3.8, 4) is 0 Å². The number of nitrogens with zero attached hydrogens (tertiary/aromatic N) is 2. The summed E-state index contributed by atoms with van der Waals surface area (Å²) < 4.78 is 0. The topological polar surface area (TPSA) is 91.3 Å². The summed E-state index contributed by atoms with van der Waals surface area (Å²) in [5.74, 6) is -0.386. The van der Waals surface area contributed by atoms with E-state index >= 15 is 0 Å². The van der Waals surface area contributed by atoms with Crippen LogP contribution in [0.25, 0.3) is 0 Å². The fraction of sp³-hybridized carbons (Fsp3) is 0.444. The van der Waals surface area contributed by atoms with Crippen LogP contribution in [-0.2, 0) is 0 Å². The van der Waals surface area contributed by atoms with Gasteiger partial charge in [0, 0.05) is 26.2 Å².